The Bertz CT molecular complexity index is 865. The van der Waals surface area contributed by atoms with E-state index in [0.717, 1.165) is 15.6 Å². The highest BCUT2D eigenvalue weighted by Gasteiger charge is 2.11. The number of aromatic nitrogens is 3. The van der Waals surface area contributed by atoms with Gasteiger partial charge in [-0.05, 0) is 30.2 Å². The van der Waals surface area contributed by atoms with Crippen molar-refractivity contribution in [3.8, 4) is 11.4 Å². The van der Waals surface area contributed by atoms with Crippen LogP contribution in [0.4, 0.5) is 5.95 Å². The van der Waals surface area contributed by atoms with Crippen LogP contribution < -0.4 is 5.32 Å². The number of hydrogen-bond donors (Lipinski definition) is 2. The summed E-state index contributed by atoms with van der Waals surface area (Å²) in [4.78, 5) is 16.3. The third-order valence-corrected chi connectivity index (χ3v) is 4.55. The number of hydrogen-bond acceptors (Lipinski definition) is 3. The second-order valence-electron chi connectivity index (χ2n) is 5.13. The summed E-state index contributed by atoms with van der Waals surface area (Å²) in [5.74, 6) is 0.610. The minimum absolute atomic E-state index is 0.143. The number of rotatable bonds is 5. The highest BCUT2D eigenvalue weighted by atomic mass is 79.9. The van der Waals surface area contributed by atoms with Crippen LogP contribution in [0.3, 0.4) is 0 Å². The van der Waals surface area contributed by atoms with E-state index in [1.165, 1.54) is 0 Å². The highest BCUT2D eigenvalue weighted by molar-refractivity contribution is 9.10. The summed E-state index contributed by atoms with van der Waals surface area (Å²) < 4.78 is 0.997. The highest BCUT2D eigenvalue weighted by Crippen LogP contribution is 2.25. The minimum atomic E-state index is -0.143. The van der Waals surface area contributed by atoms with E-state index >= 15 is 0 Å². The first-order chi connectivity index (χ1) is 11.6. The van der Waals surface area contributed by atoms with Crippen molar-refractivity contribution in [2.75, 3.05) is 5.32 Å². The van der Waals surface area contributed by atoms with Gasteiger partial charge >= 0.3 is 0 Å². The molecule has 0 aliphatic rings. The molecule has 0 radical (unpaired) electrons. The molecule has 122 valence electrons. The molecule has 1 amide bonds. The van der Waals surface area contributed by atoms with Gasteiger partial charge in [-0.3, -0.25) is 15.2 Å². The van der Waals surface area contributed by atoms with E-state index in [0.29, 0.717) is 23.7 Å². The lowest BCUT2D eigenvalue weighted by molar-refractivity contribution is -0.116. The van der Waals surface area contributed by atoms with E-state index in [2.05, 4.69) is 36.4 Å². The summed E-state index contributed by atoms with van der Waals surface area (Å²) in [6.07, 6.45) is 0.980. The number of carbonyl (C=O) groups is 1. The Morgan fingerprint density at radius 1 is 1.17 bits per heavy atom. The van der Waals surface area contributed by atoms with Gasteiger partial charge < -0.3 is 0 Å². The first kappa shape index (κ1) is 16.7. The van der Waals surface area contributed by atoms with Crippen LogP contribution in [-0.2, 0) is 11.2 Å². The van der Waals surface area contributed by atoms with Crippen LogP contribution in [0.5, 0.6) is 0 Å². The van der Waals surface area contributed by atoms with Crippen molar-refractivity contribution >= 4 is 39.4 Å². The van der Waals surface area contributed by atoms with Crippen LogP contribution in [0.1, 0.15) is 12.0 Å². The van der Waals surface area contributed by atoms with Gasteiger partial charge in [-0.2, -0.15) is 4.98 Å². The average Bonchev–Trinajstić information content (AvgIpc) is 3.03. The van der Waals surface area contributed by atoms with Crippen LogP contribution in [0, 0.1) is 0 Å². The number of nitrogens with one attached hydrogen (secondary N) is 2. The van der Waals surface area contributed by atoms with Crippen molar-refractivity contribution < 1.29 is 4.79 Å². The van der Waals surface area contributed by atoms with Crippen molar-refractivity contribution in [2.45, 2.75) is 12.8 Å². The average molecular weight is 406 g/mol. The van der Waals surface area contributed by atoms with Gasteiger partial charge in [0.25, 0.3) is 0 Å². The topological polar surface area (TPSA) is 70.7 Å². The molecule has 0 saturated carbocycles. The summed E-state index contributed by atoms with van der Waals surface area (Å²) in [6, 6.07) is 15.1. The molecule has 1 heterocycles. The van der Waals surface area contributed by atoms with Gasteiger partial charge in [0, 0.05) is 16.5 Å². The van der Waals surface area contributed by atoms with Crippen molar-refractivity contribution in [1.82, 2.24) is 15.2 Å². The number of amides is 1. The van der Waals surface area contributed by atoms with E-state index < -0.39 is 0 Å². The van der Waals surface area contributed by atoms with Crippen LogP contribution in [0.15, 0.2) is 53.0 Å². The molecular weight excluding hydrogens is 392 g/mol. The van der Waals surface area contributed by atoms with Gasteiger partial charge in [0.2, 0.25) is 11.9 Å². The molecule has 3 rings (SSSR count). The predicted molar refractivity (Wildman–Crippen MR) is 97.9 cm³/mol. The van der Waals surface area contributed by atoms with Gasteiger partial charge in [-0.1, -0.05) is 57.9 Å². The van der Waals surface area contributed by atoms with E-state index in [9.17, 15) is 4.79 Å². The molecular formula is C17H14BrClN4O. The van der Waals surface area contributed by atoms with E-state index in [1.54, 1.807) is 6.07 Å². The second-order valence-corrected chi connectivity index (χ2v) is 6.39. The maximum absolute atomic E-state index is 12.1. The summed E-state index contributed by atoms with van der Waals surface area (Å²) >= 11 is 9.60. The fourth-order valence-electron chi connectivity index (χ4n) is 2.23. The van der Waals surface area contributed by atoms with Crippen LogP contribution in [0.25, 0.3) is 11.4 Å². The summed E-state index contributed by atoms with van der Waals surface area (Å²) in [6.45, 7) is 0. The minimum Gasteiger partial charge on any atom is -0.293 e. The Labute approximate surface area is 152 Å². The Kier molecular flexibility index (Phi) is 5.27. The lowest BCUT2D eigenvalue weighted by atomic mass is 10.1. The zero-order valence-electron chi connectivity index (χ0n) is 12.6. The fraction of sp³-hybridized carbons (Fsp3) is 0.118. The third-order valence-electron chi connectivity index (χ3n) is 3.44. The standard InChI is InChI=1S/C17H14BrClN4O/c18-13-7-3-1-5-11(13)9-10-15(24)20-17-21-16(22-23-17)12-6-2-4-8-14(12)19/h1-8H,9-10H2,(H2,20,21,22,23,24). The molecule has 0 fully saturated rings. The molecule has 0 spiro atoms. The number of carbonyl (C=O) groups excluding carboxylic acids is 1. The Morgan fingerprint density at radius 2 is 1.92 bits per heavy atom. The van der Waals surface area contributed by atoms with Crippen LogP contribution in [0.2, 0.25) is 5.02 Å². The zero-order chi connectivity index (χ0) is 16.9. The number of H-pyrrole nitrogens is 1. The predicted octanol–water partition coefficient (Wildman–Crippen LogP) is 4.46. The quantitative estimate of drug-likeness (QED) is 0.658. The largest absolute Gasteiger partial charge is 0.293 e. The van der Waals surface area contributed by atoms with E-state index in [1.807, 2.05) is 42.5 Å². The second kappa shape index (κ2) is 7.59. The lowest BCUT2D eigenvalue weighted by Gasteiger charge is -2.03. The van der Waals surface area contributed by atoms with Crippen LogP contribution in [-0.4, -0.2) is 21.1 Å². The van der Waals surface area contributed by atoms with Crippen molar-refractivity contribution in [3.05, 3.63) is 63.6 Å². The maximum atomic E-state index is 12.1. The molecule has 0 unspecified atom stereocenters. The molecule has 0 bridgehead atoms. The van der Waals surface area contributed by atoms with Gasteiger partial charge in [-0.15, -0.1) is 5.10 Å². The summed E-state index contributed by atoms with van der Waals surface area (Å²) in [5.41, 5.74) is 1.82. The fourth-order valence-corrected chi connectivity index (χ4v) is 2.94. The van der Waals surface area contributed by atoms with Gasteiger partial charge in [0.1, 0.15) is 0 Å². The summed E-state index contributed by atoms with van der Waals surface area (Å²) in [7, 11) is 0. The van der Waals surface area contributed by atoms with Crippen molar-refractivity contribution in [3.63, 3.8) is 0 Å². The molecule has 2 N–H and O–H groups in total. The maximum Gasteiger partial charge on any atom is 0.249 e. The van der Waals surface area contributed by atoms with Gasteiger partial charge in [0.05, 0.1) is 5.02 Å². The number of nitrogens with zero attached hydrogens (tertiary/aromatic N) is 2. The van der Waals surface area contributed by atoms with Crippen molar-refractivity contribution in [1.29, 1.82) is 0 Å². The van der Waals surface area contributed by atoms with Gasteiger partial charge in [0.15, 0.2) is 5.82 Å². The molecule has 1 aromatic heterocycles. The Balaban J connectivity index is 1.62. The summed E-state index contributed by atoms with van der Waals surface area (Å²) in [5, 5.41) is 10.1. The van der Waals surface area contributed by atoms with Crippen molar-refractivity contribution in [2.24, 2.45) is 0 Å². The molecule has 0 saturated heterocycles. The number of anilines is 1. The molecule has 0 aliphatic carbocycles. The zero-order valence-corrected chi connectivity index (χ0v) is 14.9. The molecule has 3 aromatic rings. The third kappa shape index (κ3) is 4.01. The number of aryl methyl sites for hydroxylation is 1. The normalized spacial score (nSPS) is 10.6. The number of benzene rings is 2. The smallest absolute Gasteiger partial charge is 0.249 e. The first-order valence-corrected chi connectivity index (χ1v) is 8.51. The monoisotopic (exact) mass is 404 g/mol. The molecule has 2 aromatic carbocycles. The van der Waals surface area contributed by atoms with E-state index in [-0.39, 0.29) is 11.9 Å². The SMILES string of the molecule is O=C(CCc1ccccc1Br)Nc1n[nH]c(-c2ccccc2Cl)n1. The lowest BCUT2D eigenvalue weighted by Crippen LogP contribution is -2.13. The van der Waals surface area contributed by atoms with Gasteiger partial charge in [-0.25, -0.2) is 0 Å². The first-order valence-electron chi connectivity index (χ1n) is 7.34. The van der Waals surface area contributed by atoms with Crippen LogP contribution >= 0.6 is 27.5 Å². The molecule has 0 aliphatic heterocycles. The number of aromatic amines is 1. The molecule has 7 heteroatoms. The van der Waals surface area contributed by atoms with E-state index in [4.69, 9.17) is 11.6 Å². The number of halogens is 2. The molecule has 5 nitrogen and oxygen atoms in total. The molecule has 0 atom stereocenters. The molecule has 24 heavy (non-hydrogen) atoms. The Hall–Kier alpha value is -2.18. The Morgan fingerprint density at radius 3 is 2.71 bits per heavy atom.